The second-order valence-electron chi connectivity index (χ2n) is 8.05. The highest BCUT2D eigenvalue weighted by Gasteiger charge is 2.25. The molecule has 1 aromatic heterocycles. The number of rotatable bonds is 7. The van der Waals surface area contributed by atoms with Gasteiger partial charge in [-0.25, -0.2) is 0 Å². The Hall–Kier alpha value is -4.26. The molecule has 1 fully saturated rings. The van der Waals surface area contributed by atoms with Crippen molar-refractivity contribution in [1.82, 2.24) is 0 Å². The zero-order chi connectivity index (χ0) is 23.5. The van der Waals surface area contributed by atoms with Gasteiger partial charge in [-0.15, -0.1) is 0 Å². The fourth-order valence-corrected chi connectivity index (χ4v) is 4.06. The lowest BCUT2D eigenvalue weighted by Crippen LogP contribution is -2.24. The molecule has 0 bridgehead atoms. The van der Waals surface area contributed by atoms with E-state index in [1.165, 1.54) is 0 Å². The van der Waals surface area contributed by atoms with Crippen molar-refractivity contribution in [2.45, 2.75) is 19.4 Å². The van der Waals surface area contributed by atoms with E-state index in [-0.39, 0.29) is 24.2 Å². The maximum atomic E-state index is 12.7. The molecule has 7 heteroatoms. The minimum Gasteiger partial charge on any atom is -0.495 e. The molecular weight excluding hydrogens is 432 g/mol. The van der Waals surface area contributed by atoms with Crippen molar-refractivity contribution >= 4 is 34.0 Å². The van der Waals surface area contributed by atoms with Crippen LogP contribution in [-0.2, 0) is 11.4 Å². The minimum atomic E-state index is -0.388. The molecule has 34 heavy (non-hydrogen) atoms. The molecule has 2 heterocycles. The topological polar surface area (TPSA) is 81.0 Å². The maximum absolute atomic E-state index is 12.7. The summed E-state index contributed by atoms with van der Waals surface area (Å²) < 4.78 is 16.9. The highest BCUT2D eigenvalue weighted by Crippen LogP contribution is 2.34. The Morgan fingerprint density at radius 3 is 2.68 bits per heavy atom. The van der Waals surface area contributed by atoms with E-state index < -0.39 is 0 Å². The van der Waals surface area contributed by atoms with Crippen LogP contribution in [0.15, 0.2) is 77.2 Å². The van der Waals surface area contributed by atoms with Crippen molar-refractivity contribution in [3.05, 3.63) is 84.3 Å². The molecule has 1 saturated heterocycles. The molecule has 0 radical (unpaired) electrons. The zero-order valence-electron chi connectivity index (χ0n) is 18.7. The second-order valence-corrected chi connectivity index (χ2v) is 8.05. The Bertz CT molecular complexity index is 1360. The Morgan fingerprint density at radius 1 is 1.03 bits per heavy atom. The molecule has 2 amide bonds. The van der Waals surface area contributed by atoms with Crippen molar-refractivity contribution in [1.29, 1.82) is 0 Å². The average Bonchev–Trinajstić information content (AvgIpc) is 3.51. The first kappa shape index (κ1) is 21.6. The molecule has 172 valence electrons. The van der Waals surface area contributed by atoms with E-state index >= 15 is 0 Å². The Kier molecular flexibility index (Phi) is 5.91. The average molecular weight is 456 g/mol. The van der Waals surface area contributed by atoms with Crippen LogP contribution in [0.4, 0.5) is 11.4 Å². The summed E-state index contributed by atoms with van der Waals surface area (Å²) in [6.45, 7) is 0.834. The lowest BCUT2D eigenvalue weighted by molar-refractivity contribution is -0.117. The predicted molar refractivity (Wildman–Crippen MR) is 130 cm³/mol. The van der Waals surface area contributed by atoms with E-state index in [4.69, 9.17) is 13.9 Å². The van der Waals surface area contributed by atoms with Gasteiger partial charge in [-0.2, -0.15) is 0 Å². The number of anilines is 2. The summed E-state index contributed by atoms with van der Waals surface area (Å²) >= 11 is 0. The molecule has 3 aromatic carbocycles. The lowest BCUT2D eigenvalue weighted by atomic mass is 10.1. The molecule has 0 spiro atoms. The molecule has 0 saturated carbocycles. The molecule has 0 aliphatic carbocycles. The summed E-state index contributed by atoms with van der Waals surface area (Å²) in [7, 11) is 1.56. The number of benzene rings is 3. The number of carbonyl (C=O) groups excluding carboxylic acids is 2. The lowest BCUT2D eigenvalue weighted by Gasteiger charge is -2.20. The van der Waals surface area contributed by atoms with Crippen LogP contribution < -0.4 is 19.7 Å². The van der Waals surface area contributed by atoms with Gasteiger partial charge in [-0.3, -0.25) is 9.59 Å². The number of methoxy groups -OCH3 is 1. The fourth-order valence-electron chi connectivity index (χ4n) is 4.06. The standard InChI is InChI=1S/C27H24N2O5/c1-32-24-12-9-20(16-23(24)29-14-4-7-26(29)30)28-27(31)25-13-11-22(34-25)17-33-21-10-8-18-5-2-3-6-19(18)15-21/h2-3,5-6,8-13,15-16H,4,7,14,17H2,1H3,(H,28,31). The number of carbonyl (C=O) groups is 2. The Morgan fingerprint density at radius 2 is 1.88 bits per heavy atom. The van der Waals surface area contributed by atoms with E-state index in [2.05, 4.69) is 5.32 Å². The van der Waals surface area contributed by atoms with E-state index in [1.54, 1.807) is 42.3 Å². The molecule has 1 N–H and O–H groups in total. The van der Waals surface area contributed by atoms with Gasteiger partial charge in [0.2, 0.25) is 5.91 Å². The molecule has 0 unspecified atom stereocenters. The number of nitrogens with zero attached hydrogens (tertiary/aromatic N) is 1. The number of furan rings is 1. The Balaban J connectivity index is 1.25. The highest BCUT2D eigenvalue weighted by molar-refractivity contribution is 6.03. The third kappa shape index (κ3) is 4.45. The first-order valence-corrected chi connectivity index (χ1v) is 11.1. The summed E-state index contributed by atoms with van der Waals surface area (Å²) in [5, 5.41) is 5.06. The second kappa shape index (κ2) is 9.31. The SMILES string of the molecule is COc1ccc(NC(=O)c2ccc(COc3ccc4ccccc4c3)o2)cc1N1CCCC1=O. The van der Waals surface area contributed by atoms with Crippen LogP contribution in [-0.4, -0.2) is 25.5 Å². The normalized spacial score (nSPS) is 13.3. The third-order valence-corrected chi connectivity index (χ3v) is 5.79. The summed E-state index contributed by atoms with van der Waals surface area (Å²) in [6.07, 6.45) is 1.31. The predicted octanol–water partition coefficient (Wildman–Crippen LogP) is 5.40. The third-order valence-electron chi connectivity index (χ3n) is 5.79. The number of nitrogens with one attached hydrogen (secondary N) is 1. The highest BCUT2D eigenvalue weighted by atomic mass is 16.5. The van der Waals surface area contributed by atoms with Gasteiger partial charge in [0, 0.05) is 18.7 Å². The largest absolute Gasteiger partial charge is 0.495 e. The monoisotopic (exact) mass is 456 g/mol. The molecular formula is C27H24N2O5. The van der Waals surface area contributed by atoms with E-state index in [9.17, 15) is 9.59 Å². The maximum Gasteiger partial charge on any atom is 0.291 e. The van der Waals surface area contributed by atoms with Crippen LogP contribution in [0.3, 0.4) is 0 Å². The van der Waals surface area contributed by atoms with E-state index in [0.717, 1.165) is 22.9 Å². The van der Waals surface area contributed by atoms with Gasteiger partial charge in [-0.05, 0) is 59.7 Å². The molecule has 4 aromatic rings. The fraction of sp³-hybridized carbons (Fsp3) is 0.185. The number of hydrogen-bond acceptors (Lipinski definition) is 5. The first-order valence-electron chi connectivity index (χ1n) is 11.1. The van der Waals surface area contributed by atoms with Crippen LogP contribution in [0.5, 0.6) is 11.5 Å². The number of amides is 2. The number of hydrogen-bond donors (Lipinski definition) is 1. The summed E-state index contributed by atoms with van der Waals surface area (Å²) in [4.78, 5) is 26.6. The van der Waals surface area contributed by atoms with Crippen LogP contribution >= 0.6 is 0 Å². The summed E-state index contributed by atoms with van der Waals surface area (Å²) in [5.41, 5.74) is 1.19. The van der Waals surface area contributed by atoms with Crippen LogP contribution in [0.2, 0.25) is 0 Å². The smallest absolute Gasteiger partial charge is 0.291 e. The van der Waals surface area contributed by atoms with Gasteiger partial charge >= 0.3 is 0 Å². The first-order chi connectivity index (χ1) is 16.6. The van der Waals surface area contributed by atoms with Crippen molar-refractivity contribution in [3.63, 3.8) is 0 Å². The van der Waals surface area contributed by atoms with E-state index in [1.807, 2.05) is 42.5 Å². The molecule has 7 nitrogen and oxygen atoms in total. The number of ether oxygens (including phenoxy) is 2. The van der Waals surface area contributed by atoms with Gasteiger partial charge in [0.15, 0.2) is 5.76 Å². The van der Waals surface area contributed by atoms with Gasteiger partial charge in [-0.1, -0.05) is 30.3 Å². The van der Waals surface area contributed by atoms with Gasteiger partial charge in [0.25, 0.3) is 5.91 Å². The van der Waals surface area contributed by atoms with Crippen molar-refractivity contribution < 1.29 is 23.5 Å². The summed E-state index contributed by atoms with van der Waals surface area (Å²) in [6, 6.07) is 22.5. The molecule has 0 atom stereocenters. The summed E-state index contributed by atoms with van der Waals surface area (Å²) in [5.74, 6) is 1.68. The van der Waals surface area contributed by atoms with Crippen LogP contribution in [0.1, 0.15) is 29.2 Å². The molecule has 5 rings (SSSR count). The van der Waals surface area contributed by atoms with Crippen LogP contribution in [0.25, 0.3) is 10.8 Å². The van der Waals surface area contributed by atoms with Crippen molar-refractivity contribution in [3.8, 4) is 11.5 Å². The quantitative estimate of drug-likeness (QED) is 0.403. The molecule has 1 aliphatic heterocycles. The van der Waals surface area contributed by atoms with E-state index in [0.29, 0.717) is 35.9 Å². The van der Waals surface area contributed by atoms with Gasteiger partial charge in [0.05, 0.1) is 12.8 Å². The van der Waals surface area contributed by atoms with Gasteiger partial charge in [0.1, 0.15) is 23.9 Å². The van der Waals surface area contributed by atoms with Crippen molar-refractivity contribution in [2.24, 2.45) is 0 Å². The van der Waals surface area contributed by atoms with Crippen molar-refractivity contribution in [2.75, 3.05) is 23.9 Å². The van der Waals surface area contributed by atoms with Gasteiger partial charge < -0.3 is 24.1 Å². The number of fused-ring (bicyclic) bond motifs is 1. The Labute approximate surface area is 196 Å². The molecule has 1 aliphatic rings. The zero-order valence-corrected chi connectivity index (χ0v) is 18.7. The van der Waals surface area contributed by atoms with Crippen LogP contribution in [0, 0.1) is 0 Å². The minimum absolute atomic E-state index is 0.0452.